The molecule has 0 atom stereocenters. The van der Waals surface area contributed by atoms with E-state index in [2.05, 4.69) is 10.3 Å². The molecule has 6 nitrogen and oxygen atoms in total. The minimum Gasteiger partial charge on any atom is -0.381 e. The van der Waals surface area contributed by atoms with Crippen LogP contribution in [0.2, 0.25) is 0 Å². The molecule has 1 aromatic heterocycles. The van der Waals surface area contributed by atoms with E-state index in [1.807, 2.05) is 6.92 Å². The molecule has 92 valence electrons. The minimum absolute atomic E-state index is 0.0863. The molecule has 0 amide bonds. The average molecular weight is 246 g/mol. The van der Waals surface area contributed by atoms with E-state index in [-0.39, 0.29) is 11.5 Å². The van der Waals surface area contributed by atoms with Crippen LogP contribution in [-0.4, -0.2) is 34.9 Å². The Bertz CT molecular complexity index is 438. The van der Waals surface area contributed by atoms with E-state index < -0.39 is 9.84 Å². The summed E-state index contributed by atoms with van der Waals surface area (Å²) in [5.41, 5.74) is 6.48. The van der Waals surface area contributed by atoms with Crippen molar-refractivity contribution in [2.45, 2.75) is 33.2 Å². The van der Waals surface area contributed by atoms with Gasteiger partial charge < -0.3 is 5.73 Å². The van der Waals surface area contributed by atoms with Crippen molar-refractivity contribution >= 4 is 15.7 Å². The SMILES string of the molecule is CCCc1c(N)nnn1CCS(=O)(=O)CC. The monoisotopic (exact) mass is 246 g/mol. The molecule has 2 N–H and O–H groups in total. The Morgan fingerprint density at radius 3 is 2.62 bits per heavy atom. The first-order valence-corrected chi connectivity index (χ1v) is 7.20. The van der Waals surface area contributed by atoms with Gasteiger partial charge in [-0.2, -0.15) is 0 Å². The Morgan fingerprint density at radius 1 is 1.38 bits per heavy atom. The predicted octanol–water partition coefficient (Wildman–Crippen LogP) is 0.247. The molecule has 0 unspecified atom stereocenters. The molecular weight excluding hydrogens is 228 g/mol. The van der Waals surface area contributed by atoms with Gasteiger partial charge in [0.25, 0.3) is 0 Å². The van der Waals surface area contributed by atoms with E-state index in [0.717, 1.165) is 18.5 Å². The summed E-state index contributed by atoms with van der Waals surface area (Å²) in [6, 6.07) is 0. The van der Waals surface area contributed by atoms with Crippen LogP contribution < -0.4 is 5.73 Å². The van der Waals surface area contributed by atoms with Gasteiger partial charge in [0.1, 0.15) is 0 Å². The number of aryl methyl sites for hydroxylation is 1. The van der Waals surface area contributed by atoms with E-state index in [1.165, 1.54) is 0 Å². The van der Waals surface area contributed by atoms with Crippen LogP contribution >= 0.6 is 0 Å². The maximum Gasteiger partial charge on any atom is 0.169 e. The molecule has 0 aliphatic heterocycles. The molecule has 0 bridgehead atoms. The zero-order chi connectivity index (χ0) is 12.2. The molecule has 0 radical (unpaired) electrons. The highest BCUT2D eigenvalue weighted by Crippen LogP contribution is 2.10. The molecule has 0 aromatic carbocycles. The second kappa shape index (κ2) is 5.29. The van der Waals surface area contributed by atoms with Crippen LogP contribution in [0.5, 0.6) is 0 Å². The van der Waals surface area contributed by atoms with Crippen molar-refractivity contribution in [2.24, 2.45) is 0 Å². The first kappa shape index (κ1) is 13.0. The number of sulfone groups is 1. The normalized spacial score (nSPS) is 11.9. The van der Waals surface area contributed by atoms with E-state index in [1.54, 1.807) is 11.6 Å². The van der Waals surface area contributed by atoms with Crippen LogP contribution in [0.3, 0.4) is 0 Å². The Morgan fingerprint density at radius 2 is 2.06 bits per heavy atom. The molecule has 1 heterocycles. The van der Waals surface area contributed by atoms with Crippen molar-refractivity contribution in [3.05, 3.63) is 5.69 Å². The molecular formula is C9H18N4O2S. The van der Waals surface area contributed by atoms with Crippen LogP contribution in [0.4, 0.5) is 5.82 Å². The van der Waals surface area contributed by atoms with Crippen LogP contribution in [0.15, 0.2) is 0 Å². The van der Waals surface area contributed by atoms with Gasteiger partial charge in [-0.3, -0.25) is 0 Å². The molecule has 0 spiro atoms. The van der Waals surface area contributed by atoms with Crippen LogP contribution in [0.1, 0.15) is 26.0 Å². The summed E-state index contributed by atoms with van der Waals surface area (Å²) in [5, 5.41) is 7.61. The molecule has 0 aliphatic carbocycles. The fourth-order valence-electron chi connectivity index (χ4n) is 1.39. The summed E-state index contributed by atoms with van der Waals surface area (Å²) in [4.78, 5) is 0. The van der Waals surface area contributed by atoms with Crippen LogP contribution in [0.25, 0.3) is 0 Å². The van der Waals surface area contributed by atoms with Crippen molar-refractivity contribution in [1.29, 1.82) is 0 Å². The second-order valence-corrected chi connectivity index (χ2v) is 6.10. The Kier molecular flexibility index (Phi) is 4.28. The lowest BCUT2D eigenvalue weighted by atomic mass is 10.2. The largest absolute Gasteiger partial charge is 0.381 e. The van der Waals surface area contributed by atoms with E-state index in [4.69, 9.17) is 5.73 Å². The number of rotatable bonds is 6. The standard InChI is InChI=1S/C9H18N4O2S/c1-3-5-8-9(10)11-12-13(8)6-7-16(14,15)4-2/h3-7,10H2,1-2H3. The lowest BCUT2D eigenvalue weighted by Crippen LogP contribution is -2.17. The number of nitrogens with two attached hydrogens (primary N) is 1. The van der Waals surface area contributed by atoms with Gasteiger partial charge in [0.2, 0.25) is 0 Å². The Labute approximate surface area is 95.7 Å². The van der Waals surface area contributed by atoms with Crippen molar-refractivity contribution in [3.63, 3.8) is 0 Å². The fraction of sp³-hybridized carbons (Fsp3) is 0.778. The van der Waals surface area contributed by atoms with E-state index in [0.29, 0.717) is 12.4 Å². The van der Waals surface area contributed by atoms with Gasteiger partial charge in [0.15, 0.2) is 15.7 Å². The number of hydrogen-bond acceptors (Lipinski definition) is 5. The van der Waals surface area contributed by atoms with Gasteiger partial charge in [-0.25, -0.2) is 13.1 Å². The molecule has 0 saturated carbocycles. The Balaban J connectivity index is 2.74. The average Bonchev–Trinajstić information content (AvgIpc) is 2.59. The zero-order valence-electron chi connectivity index (χ0n) is 9.68. The van der Waals surface area contributed by atoms with Gasteiger partial charge in [0, 0.05) is 5.75 Å². The first-order valence-electron chi connectivity index (χ1n) is 5.38. The highest BCUT2D eigenvalue weighted by molar-refractivity contribution is 7.91. The summed E-state index contributed by atoms with van der Waals surface area (Å²) < 4.78 is 24.3. The molecule has 0 aliphatic rings. The molecule has 0 saturated heterocycles. The van der Waals surface area contributed by atoms with Crippen molar-refractivity contribution in [2.75, 3.05) is 17.2 Å². The number of hydrogen-bond donors (Lipinski definition) is 1. The summed E-state index contributed by atoms with van der Waals surface area (Å²) in [6.07, 6.45) is 1.70. The van der Waals surface area contributed by atoms with Crippen molar-refractivity contribution in [3.8, 4) is 0 Å². The smallest absolute Gasteiger partial charge is 0.169 e. The summed E-state index contributed by atoms with van der Waals surface area (Å²) in [6.45, 7) is 3.99. The number of aromatic nitrogens is 3. The Hall–Kier alpha value is -1.11. The lowest BCUT2D eigenvalue weighted by Gasteiger charge is -2.05. The van der Waals surface area contributed by atoms with Crippen molar-refractivity contribution in [1.82, 2.24) is 15.0 Å². The van der Waals surface area contributed by atoms with Gasteiger partial charge in [0.05, 0.1) is 18.0 Å². The van der Waals surface area contributed by atoms with E-state index >= 15 is 0 Å². The maximum atomic E-state index is 11.4. The fourth-order valence-corrected chi connectivity index (χ4v) is 2.13. The first-order chi connectivity index (χ1) is 7.50. The van der Waals surface area contributed by atoms with Crippen molar-refractivity contribution < 1.29 is 8.42 Å². The van der Waals surface area contributed by atoms with Gasteiger partial charge in [-0.1, -0.05) is 25.5 Å². The lowest BCUT2D eigenvalue weighted by molar-refractivity contribution is 0.564. The zero-order valence-corrected chi connectivity index (χ0v) is 10.5. The second-order valence-electron chi connectivity index (χ2n) is 3.63. The molecule has 1 aromatic rings. The summed E-state index contributed by atoms with van der Waals surface area (Å²) in [7, 11) is -2.97. The molecule has 0 fully saturated rings. The van der Waals surface area contributed by atoms with Gasteiger partial charge in [-0.05, 0) is 6.42 Å². The minimum atomic E-state index is -2.97. The quantitative estimate of drug-likeness (QED) is 0.776. The highest BCUT2D eigenvalue weighted by Gasteiger charge is 2.12. The molecule has 7 heteroatoms. The number of nitrogen functional groups attached to an aromatic ring is 1. The predicted molar refractivity (Wildman–Crippen MR) is 62.8 cm³/mol. The van der Waals surface area contributed by atoms with Gasteiger partial charge in [-0.15, -0.1) is 5.10 Å². The third-order valence-corrected chi connectivity index (χ3v) is 4.09. The van der Waals surface area contributed by atoms with Crippen LogP contribution in [0, 0.1) is 0 Å². The van der Waals surface area contributed by atoms with Gasteiger partial charge >= 0.3 is 0 Å². The topological polar surface area (TPSA) is 90.9 Å². The summed E-state index contributed by atoms with van der Waals surface area (Å²) >= 11 is 0. The molecule has 16 heavy (non-hydrogen) atoms. The maximum absolute atomic E-state index is 11.4. The molecule has 1 rings (SSSR count). The number of nitrogens with zero attached hydrogens (tertiary/aromatic N) is 3. The third kappa shape index (κ3) is 3.19. The highest BCUT2D eigenvalue weighted by atomic mass is 32.2. The van der Waals surface area contributed by atoms with E-state index in [9.17, 15) is 8.42 Å². The summed E-state index contributed by atoms with van der Waals surface area (Å²) in [5.74, 6) is 0.638. The third-order valence-electron chi connectivity index (χ3n) is 2.41. The number of anilines is 1. The van der Waals surface area contributed by atoms with Crippen LogP contribution in [-0.2, 0) is 22.8 Å².